The Labute approximate surface area is 347 Å². The molecule has 0 aliphatic carbocycles. The molecule has 6 nitrogen and oxygen atoms in total. The molecule has 7 heteroatoms. The van der Waals surface area contributed by atoms with Crippen molar-refractivity contribution in [2.75, 3.05) is 0 Å². The quantitative estimate of drug-likeness (QED) is 0.143. The van der Waals surface area contributed by atoms with Crippen LogP contribution in [0.3, 0.4) is 0 Å². The first-order valence-corrected chi connectivity index (χ1v) is 21.4. The topological polar surface area (TPSA) is 69.4 Å². The van der Waals surface area contributed by atoms with Crippen LogP contribution in [-0.4, -0.2) is 29.9 Å². The van der Waals surface area contributed by atoms with Gasteiger partial charge in [-0.1, -0.05) is 140 Å². The zero-order valence-corrected chi connectivity index (χ0v) is 32.9. The van der Waals surface area contributed by atoms with Crippen molar-refractivity contribution < 1.29 is 0 Å². The lowest BCUT2D eigenvalue weighted by atomic mass is 9.93. The van der Waals surface area contributed by atoms with Gasteiger partial charge < -0.3 is 0 Å². The third kappa shape index (κ3) is 5.13. The molecule has 0 fully saturated rings. The lowest BCUT2D eigenvalue weighted by Gasteiger charge is -2.20. The Kier molecular flexibility index (Phi) is 7.14. The lowest BCUT2D eigenvalue weighted by molar-refractivity contribution is 0.764. The van der Waals surface area contributed by atoms with Crippen LogP contribution in [-0.2, 0) is 0 Å². The zero-order valence-electron chi connectivity index (χ0n) is 32.0. The van der Waals surface area contributed by atoms with Crippen molar-refractivity contribution >= 4 is 43.5 Å². The summed E-state index contributed by atoms with van der Waals surface area (Å²) < 4.78 is 0. The van der Waals surface area contributed by atoms with Gasteiger partial charge in [-0.15, -0.1) is 10.2 Å². The Balaban J connectivity index is 1.08. The van der Waals surface area contributed by atoms with E-state index in [0.29, 0.717) is 17.5 Å². The van der Waals surface area contributed by atoms with Crippen molar-refractivity contribution in [2.45, 2.75) is 14.7 Å². The highest BCUT2D eigenvalue weighted by Crippen LogP contribution is 2.63. The molecule has 11 aromatic rings. The highest BCUT2D eigenvalue weighted by atomic mass is 32.2. The molecule has 2 aromatic heterocycles. The van der Waals surface area contributed by atoms with E-state index in [1.807, 2.05) is 0 Å². The zero-order chi connectivity index (χ0) is 39.3. The first-order valence-electron chi connectivity index (χ1n) is 20.1. The first kappa shape index (κ1) is 33.3. The molecule has 9 aromatic carbocycles. The van der Waals surface area contributed by atoms with Gasteiger partial charge >= 0.3 is 0 Å². The van der Waals surface area contributed by atoms with Crippen LogP contribution in [0, 0.1) is 0 Å². The summed E-state index contributed by atoms with van der Waals surface area (Å²) in [5.74, 6) is 1.87. The van der Waals surface area contributed by atoms with Crippen LogP contribution in [0.1, 0.15) is 0 Å². The molecule has 0 saturated carbocycles. The van der Waals surface area contributed by atoms with Crippen LogP contribution in [0.4, 0.5) is 0 Å². The Bertz CT molecular complexity index is 3580. The third-order valence-corrected chi connectivity index (χ3v) is 14.5. The maximum Gasteiger partial charge on any atom is 0.164 e. The lowest BCUT2D eigenvalue weighted by Crippen LogP contribution is -2.01. The normalized spacial score (nSPS) is 14.1. The van der Waals surface area contributed by atoms with Gasteiger partial charge in [0.1, 0.15) is 11.0 Å². The molecule has 280 valence electrons. The third-order valence-electron chi connectivity index (χ3n) is 11.9. The number of nitrogens with zero attached hydrogens (tertiary/aromatic N) is 6. The fourth-order valence-electron chi connectivity index (χ4n) is 9.11. The Morgan fingerprint density at radius 3 is 1.85 bits per heavy atom. The molecule has 0 radical (unpaired) electrons. The standard InChI is InChI=1S/C53H32N6S/c1-2-10-32(11-3-1)41-16-4-5-17-42(41)35-12-8-13-36(28-35)51-54-52-37-23-21-33-20-22-34-25-27-46-50(49(34)45(33)29-37)58-59(57-46)39-14-9-15-40(31-39)60-47-19-7-6-18-43(47)44-26-24-38(30-48(44)60)53(55-51)56-52/h1-31,60H. The molecular weight excluding hydrogens is 753 g/mol. The van der Waals surface area contributed by atoms with Gasteiger partial charge in [0.2, 0.25) is 0 Å². The van der Waals surface area contributed by atoms with Crippen molar-refractivity contribution in [3.63, 3.8) is 0 Å². The van der Waals surface area contributed by atoms with E-state index in [9.17, 15) is 0 Å². The second kappa shape index (κ2) is 12.9. The van der Waals surface area contributed by atoms with Gasteiger partial charge in [-0.05, 0) is 103 Å². The number of hydrogen-bond acceptors (Lipinski definition) is 5. The predicted octanol–water partition coefficient (Wildman–Crippen LogP) is 13.0. The number of rotatable bonds is 3. The summed E-state index contributed by atoms with van der Waals surface area (Å²) in [6, 6.07) is 67.1. The fourth-order valence-corrected chi connectivity index (χ4v) is 11.8. The number of fused-ring (bicyclic) bond motifs is 14. The predicted molar refractivity (Wildman–Crippen MR) is 244 cm³/mol. The highest BCUT2D eigenvalue weighted by molar-refractivity contribution is 8.17. The van der Waals surface area contributed by atoms with Crippen molar-refractivity contribution in [3.8, 4) is 73.2 Å². The Hall–Kier alpha value is -7.74. The van der Waals surface area contributed by atoms with E-state index in [-0.39, 0.29) is 0 Å². The largest absolute Gasteiger partial charge is 0.208 e. The molecule has 0 amide bonds. The van der Waals surface area contributed by atoms with Crippen LogP contribution in [0.2, 0.25) is 0 Å². The van der Waals surface area contributed by atoms with Gasteiger partial charge in [-0.3, -0.25) is 0 Å². The van der Waals surface area contributed by atoms with Crippen molar-refractivity contribution in [3.05, 3.63) is 188 Å². The number of thiol groups is 1. The van der Waals surface area contributed by atoms with Crippen molar-refractivity contribution in [2.24, 2.45) is 0 Å². The molecule has 13 rings (SSSR count). The highest BCUT2D eigenvalue weighted by Gasteiger charge is 2.29. The molecule has 10 bridgehead atoms. The summed E-state index contributed by atoms with van der Waals surface area (Å²) in [5, 5.41) is 14.6. The molecule has 60 heavy (non-hydrogen) atoms. The van der Waals surface area contributed by atoms with E-state index in [0.717, 1.165) is 66.1 Å². The molecule has 1 atom stereocenters. The number of aromatic nitrogens is 6. The summed E-state index contributed by atoms with van der Waals surface area (Å²) in [6.45, 7) is 0. The monoisotopic (exact) mass is 784 g/mol. The molecule has 0 N–H and O–H groups in total. The average Bonchev–Trinajstić information content (AvgIpc) is 3.91. The summed E-state index contributed by atoms with van der Waals surface area (Å²) in [7, 11) is -0.908. The summed E-state index contributed by atoms with van der Waals surface area (Å²) in [5.41, 5.74) is 12.5. The molecule has 0 saturated heterocycles. The maximum absolute atomic E-state index is 5.31. The summed E-state index contributed by atoms with van der Waals surface area (Å²) in [6.07, 6.45) is 0. The van der Waals surface area contributed by atoms with E-state index in [2.05, 4.69) is 188 Å². The Morgan fingerprint density at radius 1 is 0.383 bits per heavy atom. The molecule has 2 aliphatic heterocycles. The van der Waals surface area contributed by atoms with E-state index in [4.69, 9.17) is 25.1 Å². The van der Waals surface area contributed by atoms with Crippen LogP contribution in [0.15, 0.2) is 203 Å². The van der Waals surface area contributed by atoms with Gasteiger partial charge in [0, 0.05) is 31.9 Å². The fraction of sp³-hybridized carbons (Fsp3) is 0. The molecular formula is C53H32N6S. The van der Waals surface area contributed by atoms with Crippen LogP contribution in [0.25, 0.3) is 106 Å². The van der Waals surface area contributed by atoms with E-state index in [1.165, 1.54) is 36.9 Å². The maximum atomic E-state index is 5.31. The van der Waals surface area contributed by atoms with Crippen molar-refractivity contribution in [1.29, 1.82) is 0 Å². The van der Waals surface area contributed by atoms with Gasteiger partial charge in [0.05, 0.1) is 5.69 Å². The van der Waals surface area contributed by atoms with Gasteiger partial charge in [-0.2, -0.15) is 15.7 Å². The van der Waals surface area contributed by atoms with Crippen molar-refractivity contribution in [1.82, 2.24) is 29.9 Å². The second-order valence-electron chi connectivity index (χ2n) is 15.4. The van der Waals surface area contributed by atoms with Crippen LogP contribution in [0.5, 0.6) is 0 Å². The van der Waals surface area contributed by atoms with Gasteiger partial charge in [0.25, 0.3) is 0 Å². The van der Waals surface area contributed by atoms with Crippen LogP contribution >= 0.6 is 10.9 Å². The number of benzene rings is 9. The minimum atomic E-state index is -0.908. The molecule has 2 aliphatic rings. The van der Waals surface area contributed by atoms with E-state index < -0.39 is 10.9 Å². The molecule has 4 heterocycles. The van der Waals surface area contributed by atoms with Gasteiger partial charge in [-0.25, -0.2) is 15.0 Å². The smallest absolute Gasteiger partial charge is 0.164 e. The SMILES string of the molecule is c1ccc(-c2ccccc2-c2cccc(-c3nc4nc(n3)-c3ccc5ccc6ccc7nn(nc7c6c5c3)-c3cccc(c3)[SH]3c5ccccc5-c5ccc-4cc53)c2)cc1. The summed E-state index contributed by atoms with van der Waals surface area (Å²) >= 11 is 0. The average molecular weight is 785 g/mol. The number of hydrogen-bond donors (Lipinski definition) is 1. The minimum absolute atomic E-state index is 0.613. The van der Waals surface area contributed by atoms with E-state index in [1.54, 1.807) is 4.80 Å². The molecule has 1 unspecified atom stereocenters. The first-order chi connectivity index (χ1) is 29.7. The van der Waals surface area contributed by atoms with E-state index >= 15 is 0 Å². The van der Waals surface area contributed by atoms with Crippen LogP contribution < -0.4 is 0 Å². The second-order valence-corrected chi connectivity index (χ2v) is 17.6. The minimum Gasteiger partial charge on any atom is -0.208 e. The summed E-state index contributed by atoms with van der Waals surface area (Å²) in [4.78, 5) is 21.5. The molecule has 0 spiro atoms. The van der Waals surface area contributed by atoms with Gasteiger partial charge in [0.15, 0.2) is 17.5 Å². The Morgan fingerprint density at radius 2 is 1.00 bits per heavy atom.